The highest BCUT2D eigenvalue weighted by atomic mass is 127. The molecule has 160 valence electrons. The third-order valence-electron chi connectivity index (χ3n) is 5.95. The maximum absolute atomic E-state index is 14.9. The van der Waals surface area contributed by atoms with Gasteiger partial charge >= 0.3 is 0 Å². The maximum atomic E-state index is 14.9. The van der Waals surface area contributed by atoms with E-state index in [1.165, 1.54) is 25.7 Å². The van der Waals surface area contributed by atoms with E-state index < -0.39 is 11.6 Å². The van der Waals surface area contributed by atoms with E-state index in [1.807, 2.05) is 28.7 Å². The van der Waals surface area contributed by atoms with Crippen LogP contribution in [0.3, 0.4) is 0 Å². The van der Waals surface area contributed by atoms with E-state index in [9.17, 15) is 8.78 Å². The van der Waals surface area contributed by atoms with E-state index in [2.05, 4.69) is 13.8 Å². The summed E-state index contributed by atoms with van der Waals surface area (Å²) in [6.07, 6.45) is 9.13. The normalized spacial score (nSPS) is 19.5. The summed E-state index contributed by atoms with van der Waals surface area (Å²) >= 11 is 2.04. The van der Waals surface area contributed by atoms with E-state index >= 15 is 0 Å². The monoisotopic (exact) mass is 516 g/mol. The zero-order chi connectivity index (χ0) is 20.8. The van der Waals surface area contributed by atoms with Crippen LogP contribution in [0, 0.1) is 27.0 Å². The van der Waals surface area contributed by atoms with Crippen molar-refractivity contribution >= 4 is 33.4 Å². The third kappa shape index (κ3) is 5.53. The van der Waals surface area contributed by atoms with Crippen molar-refractivity contribution in [2.45, 2.75) is 65.2 Å². The fourth-order valence-corrected chi connectivity index (χ4v) is 5.07. The van der Waals surface area contributed by atoms with Crippen LogP contribution in [0.2, 0.25) is 0 Å². The molecule has 1 saturated carbocycles. The average Bonchev–Trinajstić information content (AvgIpc) is 2.72. The number of benzene rings is 2. The molecule has 0 heterocycles. The zero-order valence-corrected chi connectivity index (χ0v) is 19.6. The topological polar surface area (TPSA) is 18.5 Å². The van der Waals surface area contributed by atoms with E-state index in [4.69, 9.17) is 9.47 Å². The van der Waals surface area contributed by atoms with Crippen LogP contribution in [0.5, 0.6) is 11.5 Å². The number of unbranched alkanes of at least 4 members (excludes halogenated alkanes) is 1. The molecule has 2 aromatic rings. The lowest BCUT2D eigenvalue weighted by Crippen LogP contribution is -2.20. The summed E-state index contributed by atoms with van der Waals surface area (Å²) < 4.78 is 41.7. The summed E-state index contributed by atoms with van der Waals surface area (Å²) in [7, 11) is 0. The molecule has 0 aliphatic heterocycles. The quantitative estimate of drug-likeness (QED) is 0.249. The van der Waals surface area contributed by atoms with Gasteiger partial charge in [0.25, 0.3) is 0 Å². The second-order valence-electron chi connectivity index (χ2n) is 8.17. The summed E-state index contributed by atoms with van der Waals surface area (Å²) in [6, 6.07) is 5.23. The number of ether oxygens (including phenoxy) is 2. The van der Waals surface area contributed by atoms with Crippen molar-refractivity contribution in [1.82, 2.24) is 0 Å². The van der Waals surface area contributed by atoms with E-state index in [1.54, 1.807) is 12.1 Å². The SMILES string of the molecule is CCCCOc1ccc2cc(OCC3CCC(CCC)CC3)c(F)c(F)c2c1I. The first-order chi connectivity index (χ1) is 14.0. The van der Waals surface area contributed by atoms with Crippen LogP contribution in [-0.2, 0) is 0 Å². The number of rotatable bonds is 9. The van der Waals surface area contributed by atoms with Gasteiger partial charge in [0.05, 0.1) is 16.8 Å². The summed E-state index contributed by atoms with van der Waals surface area (Å²) in [4.78, 5) is 0. The first-order valence-corrected chi connectivity index (χ1v) is 12.0. The molecule has 29 heavy (non-hydrogen) atoms. The second kappa shape index (κ2) is 10.8. The number of hydrogen-bond donors (Lipinski definition) is 0. The third-order valence-corrected chi connectivity index (χ3v) is 7.02. The van der Waals surface area contributed by atoms with E-state index in [0.717, 1.165) is 31.6 Å². The Bertz CT molecular complexity index is 816. The Labute approximate surface area is 186 Å². The van der Waals surface area contributed by atoms with Gasteiger partial charge in [-0.25, -0.2) is 4.39 Å². The Morgan fingerprint density at radius 1 is 0.931 bits per heavy atom. The number of fused-ring (bicyclic) bond motifs is 1. The Kier molecular flexibility index (Phi) is 8.39. The van der Waals surface area contributed by atoms with Crippen LogP contribution in [0.15, 0.2) is 18.2 Å². The van der Waals surface area contributed by atoms with Crippen LogP contribution in [-0.4, -0.2) is 13.2 Å². The first kappa shape index (κ1) is 22.6. The molecule has 0 aromatic heterocycles. The fourth-order valence-electron chi connectivity index (χ4n) is 4.18. The van der Waals surface area contributed by atoms with Crippen LogP contribution in [0.25, 0.3) is 10.8 Å². The van der Waals surface area contributed by atoms with Gasteiger partial charge in [-0.2, -0.15) is 4.39 Å². The Hall–Kier alpha value is -1.11. The molecule has 1 aliphatic carbocycles. The van der Waals surface area contributed by atoms with Gasteiger partial charge in [-0.15, -0.1) is 0 Å². The maximum Gasteiger partial charge on any atom is 0.201 e. The zero-order valence-electron chi connectivity index (χ0n) is 17.4. The van der Waals surface area contributed by atoms with E-state index in [0.29, 0.717) is 33.8 Å². The van der Waals surface area contributed by atoms with Crippen LogP contribution < -0.4 is 9.47 Å². The van der Waals surface area contributed by atoms with Crippen LogP contribution in [0.1, 0.15) is 65.2 Å². The lowest BCUT2D eigenvalue weighted by atomic mass is 9.80. The molecular weight excluding hydrogens is 485 g/mol. The molecule has 0 spiro atoms. The van der Waals surface area contributed by atoms with Crippen LogP contribution in [0.4, 0.5) is 8.78 Å². The van der Waals surface area contributed by atoms with Gasteiger partial charge < -0.3 is 9.47 Å². The van der Waals surface area contributed by atoms with Gasteiger partial charge in [-0.1, -0.05) is 52.0 Å². The number of hydrogen-bond acceptors (Lipinski definition) is 2. The molecule has 3 rings (SSSR count). The summed E-state index contributed by atoms with van der Waals surface area (Å²) in [5, 5.41) is 0.905. The molecule has 1 aliphatic rings. The molecule has 2 nitrogen and oxygen atoms in total. The molecule has 0 saturated heterocycles. The van der Waals surface area contributed by atoms with Crippen molar-refractivity contribution in [2.24, 2.45) is 11.8 Å². The average molecular weight is 516 g/mol. The molecule has 0 amide bonds. The highest BCUT2D eigenvalue weighted by molar-refractivity contribution is 14.1. The molecular formula is C24H31F2IO2. The molecule has 2 aromatic carbocycles. The Morgan fingerprint density at radius 2 is 1.66 bits per heavy atom. The highest BCUT2D eigenvalue weighted by Crippen LogP contribution is 2.37. The summed E-state index contributed by atoms with van der Waals surface area (Å²) in [6.45, 7) is 5.34. The lowest BCUT2D eigenvalue weighted by Gasteiger charge is -2.28. The standard InChI is InChI=1S/C24H31F2IO2/c1-3-5-13-28-19-12-11-18-14-20(22(25)23(26)21(18)24(19)27)29-15-17-9-7-16(6-4-2)8-10-17/h11-12,14,16-17H,3-10,13,15H2,1-2H3. The first-order valence-electron chi connectivity index (χ1n) is 10.9. The van der Waals surface area contributed by atoms with Crippen molar-refractivity contribution in [3.8, 4) is 11.5 Å². The van der Waals surface area contributed by atoms with Gasteiger partial charge in [0, 0.05) is 5.39 Å². The van der Waals surface area contributed by atoms with E-state index in [-0.39, 0.29) is 11.1 Å². The Morgan fingerprint density at radius 3 is 2.34 bits per heavy atom. The molecule has 5 heteroatoms. The highest BCUT2D eigenvalue weighted by Gasteiger charge is 2.23. The summed E-state index contributed by atoms with van der Waals surface area (Å²) in [5.41, 5.74) is 0. The van der Waals surface area contributed by atoms with Gasteiger partial charge in [-0.05, 0) is 71.2 Å². The molecule has 0 N–H and O–H groups in total. The minimum atomic E-state index is -0.902. The van der Waals surface area contributed by atoms with Crippen molar-refractivity contribution in [2.75, 3.05) is 13.2 Å². The predicted octanol–water partition coefficient (Wildman–Crippen LogP) is 7.89. The van der Waals surface area contributed by atoms with Crippen molar-refractivity contribution in [3.05, 3.63) is 33.4 Å². The molecule has 1 fully saturated rings. The minimum absolute atomic E-state index is 0.0149. The molecule has 0 unspecified atom stereocenters. The van der Waals surface area contributed by atoms with Gasteiger partial charge in [0.2, 0.25) is 5.82 Å². The number of halogens is 3. The second-order valence-corrected chi connectivity index (χ2v) is 9.25. The predicted molar refractivity (Wildman–Crippen MR) is 123 cm³/mol. The lowest BCUT2D eigenvalue weighted by molar-refractivity contribution is 0.173. The van der Waals surface area contributed by atoms with Gasteiger partial charge in [0.15, 0.2) is 11.6 Å². The minimum Gasteiger partial charge on any atom is -0.492 e. The van der Waals surface area contributed by atoms with Crippen molar-refractivity contribution in [1.29, 1.82) is 0 Å². The van der Waals surface area contributed by atoms with Gasteiger partial charge in [-0.3, -0.25) is 0 Å². The van der Waals surface area contributed by atoms with Crippen LogP contribution >= 0.6 is 22.6 Å². The summed E-state index contributed by atoms with van der Waals surface area (Å²) in [5.74, 6) is 0.108. The smallest absolute Gasteiger partial charge is 0.201 e. The van der Waals surface area contributed by atoms with Gasteiger partial charge in [0.1, 0.15) is 5.75 Å². The molecule has 0 atom stereocenters. The Balaban J connectivity index is 1.71. The fraction of sp³-hybridized carbons (Fsp3) is 0.583. The van der Waals surface area contributed by atoms with Crippen molar-refractivity contribution < 1.29 is 18.3 Å². The van der Waals surface area contributed by atoms with Crippen molar-refractivity contribution in [3.63, 3.8) is 0 Å². The molecule has 0 bridgehead atoms. The largest absolute Gasteiger partial charge is 0.492 e. The molecule has 0 radical (unpaired) electrons.